The molecular formula is C16H13N2O4. The van der Waals surface area contributed by atoms with Gasteiger partial charge in [0.05, 0.1) is 11.3 Å². The molecule has 0 aromatic carbocycles. The van der Waals surface area contributed by atoms with Gasteiger partial charge in [0.15, 0.2) is 5.78 Å². The molecule has 0 unspecified atom stereocenters. The van der Waals surface area contributed by atoms with Crippen molar-refractivity contribution in [3.05, 3.63) is 45.6 Å². The number of fused-ring (bicyclic) bond motifs is 2. The van der Waals surface area contributed by atoms with Crippen LogP contribution in [0.1, 0.15) is 20.3 Å². The van der Waals surface area contributed by atoms with E-state index in [-0.39, 0.29) is 17.3 Å². The summed E-state index contributed by atoms with van der Waals surface area (Å²) in [5.74, 6) is -0.405. The molecule has 4 rings (SSSR count). The molecule has 2 heterocycles. The van der Waals surface area contributed by atoms with E-state index < -0.39 is 5.97 Å². The number of allylic oxidation sites excluding steroid dienone is 3. The van der Waals surface area contributed by atoms with Gasteiger partial charge in [0.25, 0.3) is 0 Å². The topological polar surface area (TPSA) is 77.6 Å². The lowest BCUT2D eigenvalue weighted by molar-refractivity contribution is -0.137. The number of rotatable bonds is 2. The van der Waals surface area contributed by atoms with Crippen LogP contribution >= 0.6 is 0 Å². The van der Waals surface area contributed by atoms with Crippen LogP contribution in [0.2, 0.25) is 0 Å². The van der Waals surface area contributed by atoms with Gasteiger partial charge in [-0.2, -0.15) is 0 Å². The Morgan fingerprint density at radius 1 is 1.23 bits per heavy atom. The van der Waals surface area contributed by atoms with Crippen LogP contribution in [-0.2, 0) is 19.1 Å². The van der Waals surface area contributed by atoms with E-state index in [4.69, 9.17) is 4.74 Å². The van der Waals surface area contributed by atoms with E-state index in [9.17, 15) is 14.4 Å². The molecule has 2 aliphatic carbocycles. The third kappa shape index (κ3) is 1.63. The van der Waals surface area contributed by atoms with Crippen LogP contribution < -0.4 is 5.32 Å². The summed E-state index contributed by atoms with van der Waals surface area (Å²) in [4.78, 5) is 38.3. The lowest BCUT2D eigenvalue weighted by Gasteiger charge is -2.18. The number of ketones is 2. The first-order valence-electron chi connectivity index (χ1n) is 7.12. The fourth-order valence-corrected chi connectivity index (χ4v) is 3.07. The van der Waals surface area contributed by atoms with Gasteiger partial charge in [0, 0.05) is 37.6 Å². The van der Waals surface area contributed by atoms with Gasteiger partial charge in [-0.05, 0) is 6.92 Å². The highest BCUT2D eigenvalue weighted by Crippen LogP contribution is 2.43. The fraction of sp³-hybridized carbons (Fsp3) is 0.312. The van der Waals surface area contributed by atoms with Gasteiger partial charge < -0.3 is 9.64 Å². The largest absolute Gasteiger partial charge is 0.429 e. The van der Waals surface area contributed by atoms with Crippen molar-refractivity contribution >= 4 is 17.5 Å². The molecule has 2 aliphatic heterocycles. The van der Waals surface area contributed by atoms with Gasteiger partial charge in [-0.15, -0.1) is 0 Å². The number of hydrogen-bond donors (Lipinski definition) is 0. The maximum absolute atomic E-state index is 12.6. The highest BCUT2D eigenvalue weighted by Gasteiger charge is 2.46. The van der Waals surface area contributed by atoms with Gasteiger partial charge in [0.1, 0.15) is 17.2 Å². The smallest absolute Gasteiger partial charge is 0.307 e. The van der Waals surface area contributed by atoms with Crippen molar-refractivity contribution in [2.75, 3.05) is 13.1 Å². The average Bonchev–Trinajstić information content (AvgIpc) is 3.09. The van der Waals surface area contributed by atoms with Gasteiger partial charge in [0.2, 0.25) is 5.78 Å². The zero-order valence-electron chi connectivity index (χ0n) is 12.2. The minimum atomic E-state index is -0.436. The second-order valence-corrected chi connectivity index (χ2v) is 5.64. The monoisotopic (exact) mass is 297 g/mol. The van der Waals surface area contributed by atoms with Crippen molar-refractivity contribution in [3.63, 3.8) is 0 Å². The number of Topliss-reactive ketones (excluding diaryl/α,β-unsaturated/α-hetero) is 2. The molecule has 1 fully saturated rings. The van der Waals surface area contributed by atoms with Crippen molar-refractivity contribution in [2.24, 2.45) is 0 Å². The molecule has 0 saturated carbocycles. The van der Waals surface area contributed by atoms with E-state index >= 15 is 0 Å². The lowest BCUT2D eigenvalue weighted by atomic mass is 9.89. The van der Waals surface area contributed by atoms with E-state index in [1.165, 1.54) is 6.92 Å². The maximum Gasteiger partial charge on any atom is 0.307 e. The van der Waals surface area contributed by atoms with Crippen LogP contribution in [-0.4, -0.2) is 35.5 Å². The number of nitrogens with zero attached hydrogens (tertiary/aromatic N) is 2. The summed E-state index contributed by atoms with van der Waals surface area (Å²) in [6.07, 6.45) is 2.20. The lowest BCUT2D eigenvalue weighted by Crippen LogP contribution is -2.27. The van der Waals surface area contributed by atoms with Crippen molar-refractivity contribution in [1.29, 1.82) is 0 Å². The number of esters is 1. The van der Waals surface area contributed by atoms with Gasteiger partial charge in [-0.3, -0.25) is 14.4 Å². The zero-order valence-corrected chi connectivity index (χ0v) is 12.2. The summed E-state index contributed by atoms with van der Waals surface area (Å²) in [5, 5.41) is 4.32. The number of hydrogen-bond acceptors (Lipinski definition) is 5. The Bertz CT molecular complexity index is 791. The SMILES string of the molecule is CC(=O)OC1=C2[N]C3=C(C(=O)C(C)=C(N4CC4)C3=O)C2=CC1. The summed E-state index contributed by atoms with van der Waals surface area (Å²) in [6.45, 7) is 4.58. The number of ether oxygens (including phenoxy) is 1. The predicted octanol–water partition coefficient (Wildman–Crippen LogP) is 0.705. The molecule has 1 radical (unpaired) electrons. The average molecular weight is 297 g/mol. The Morgan fingerprint density at radius 3 is 2.59 bits per heavy atom. The molecule has 0 amide bonds. The van der Waals surface area contributed by atoms with Crippen LogP contribution in [0, 0.1) is 0 Å². The first-order chi connectivity index (χ1) is 10.5. The quantitative estimate of drug-likeness (QED) is 0.426. The third-order valence-electron chi connectivity index (χ3n) is 4.12. The predicted molar refractivity (Wildman–Crippen MR) is 74.9 cm³/mol. The summed E-state index contributed by atoms with van der Waals surface area (Å²) >= 11 is 0. The number of carbonyl (C=O) groups is 3. The molecule has 6 nitrogen and oxygen atoms in total. The maximum atomic E-state index is 12.6. The molecule has 0 bridgehead atoms. The first kappa shape index (κ1) is 13.1. The van der Waals surface area contributed by atoms with Gasteiger partial charge >= 0.3 is 5.97 Å². The van der Waals surface area contributed by atoms with Crippen LogP contribution in [0.25, 0.3) is 0 Å². The van der Waals surface area contributed by atoms with Crippen molar-refractivity contribution in [1.82, 2.24) is 10.2 Å². The molecule has 0 aromatic rings. The van der Waals surface area contributed by atoms with Crippen molar-refractivity contribution in [2.45, 2.75) is 20.3 Å². The van der Waals surface area contributed by atoms with Crippen molar-refractivity contribution in [3.8, 4) is 0 Å². The number of carbonyl (C=O) groups excluding carboxylic acids is 3. The molecule has 6 heteroatoms. The van der Waals surface area contributed by atoms with Gasteiger partial charge in [-0.25, -0.2) is 5.32 Å². The minimum Gasteiger partial charge on any atom is -0.429 e. The highest BCUT2D eigenvalue weighted by atomic mass is 16.5. The van der Waals surface area contributed by atoms with E-state index in [0.717, 1.165) is 13.1 Å². The molecule has 4 aliphatic rings. The van der Waals surface area contributed by atoms with Crippen molar-refractivity contribution < 1.29 is 19.1 Å². The molecule has 0 aromatic heterocycles. The second kappa shape index (κ2) is 4.19. The van der Waals surface area contributed by atoms with Crippen LogP contribution in [0.3, 0.4) is 0 Å². The Labute approximate surface area is 126 Å². The summed E-state index contributed by atoms with van der Waals surface area (Å²) in [5.41, 5.74) is 2.53. The zero-order chi connectivity index (χ0) is 15.6. The van der Waals surface area contributed by atoms with E-state index in [1.807, 2.05) is 4.90 Å². The van der Waals surface area contributed by atoms with E-state index in [0.29, 0.717) is 40.3 Å². The third-order valence-corrected chi connectivity index (χ3v) is 4.12. The Kier molecular flexibility index (Phi) is 2.49. The standard InChI is InChI=1S/C16H13N2O4/c1-7-14(18-5-6-18)16(21)13-11(15(7)20)9-3-4-10(12(9)17-13)22-8(2)19/h3H,4-6H2,1-2H3. The molecule has 0 spiro atoms. The molecule has 22 heavy (non-hydrogen) atoms. The first-order valence-corrected chi connectivity index (χ1v) is 7.12. The summed E-state index contributed by atoms with van der Waals surface area (Å²) < 4.78 is 5.14. The molecule has 0 atom stereocenters. The molecule has 1 saturated heterocycles. The van der Waals surface area contributed by atoms with Gasteiger partial charge in [-0.1, -0.05) is 6.08 Å². The van der Waals surface area contributed by atoms with Crippen LogP contribution in [0.4, 0.5) is 0 Å². The van der Waals surface area contributed by atoms with E-state index in [1.54, 1.807) is 13.0 Å². The summed E-state index contributed by atoms with van der Waals surface area (Å²) in [6, 6.07) is 0. The highest BCUT2D eigenvalue weighted by molar-refractivity contribution is 6.27. The summed E-state index contributed by atoms with van der Waals surface area (Å²) in [7, 11) is 0. The second-order valence-electron chi connectivity index (χ2n) is 5.64. The van der Waals surface area contributed by atoms with E-state index in [2.05, 4.69) is 5.32 Å². The molecule has 0 N–H and O–H groups in total. The Morgan fingerprint density at radius 2 is 1.95 bits per heavy atom. The molecule has 111 valence electrons. The van der Waals surface area contributed by atoms with Crippen LogP contribution in [0.15, 0.2) is 45.6 Å². The normalized spacial score (nSPS) is 22.8. The fourth-order valence-electron chi connectivity index (χ4n) is 3.07. The Hall–Kier alpha value is -2.63. The Balaban J connectivity index is 1.77. The van der Waals surface area contributed by atoms with Crippen LogP contribution in [0.5, 0.6) is 0 Å². The molecular weight excluding hydrogens is 284 g/mol. The minimum absolute atomic E-state index is 0.162.